The molecule has 0 aliphatic rings. The molecule has 0 radical (unpaired) electrons. The number of unbranched alkanes of at least 4 members (excludes halogenated alkanes) is 26. The molecule has 0 unspecified atom stereocenters. The van der Waals surface area contributed by atoms with Crippen molar-refractivity contribution in [3.05, 3.63) is 35.4 Å². The van der Waals surface area contributed by atoms with Crippen molar-refractivity contribution in [2.45, 2.75) is 193 Å². The average Bonchev–Trinajstić information content (AvgIpc) is 2.98. The molecule has 1 rings (SSSR count). The second-order valence-electron chi connectivity index (χ2n) is 12.7. The van der Waals surface area contributed by atoms with Crippen LogP contribution in [0.15, 0.2) is 24.3 Å². The molecule has 0 aromatic heterocycles. The summed E-state index contributed by atoms with van der Waals surface area (Å²) in [5.41, 5.74) is 3.06. The summed E-state index contributed by atoms with van der Waals surface area (Å²) in [5, 5.41) is 17.6. The Morgan fingerprint density at radius 3 is 0.625 bits per heavy atom. The van der Waals surface area contributed by atoms with Gasteiger partial charge in [0.15, 0.2) is 0 Å². The molecule has 2 heteroatoms. The lowest BCUT2D eigenvalue weighted by molar-refractivity contribution is 0.282. The number of hydrogen-bond donors (Lipinski definition) is 2. The summed E-state index contributed by atoms with van der Waals surface area (Å²) >= 11 is 0. The Hall–Kier alpha value is -0.860. The summed E-state index contributed by atoms with van der Waals surface area (Å²) in [4.78, 5) is 0. The van der Waals surface area contributed by atoms with Crippen molar-refractivity contribution in [1.82, 2.24) is 0 Å². The third kappa shape index (κ3) is 26.1. The van der Waals surface area contributed by atoms with Crippen LogP contribution in [0.4, 0.5) is 0 Å². The van der Waals surface area contributed by atoms with Crippen LogP contribution in [0.3, 0.4) is 0 Å². The summed E-state index contributed by atoms with van der Waals surface area (Å²) in [6, 6.07) is 9.54. The number of benzene rings is 1. The van der Waals surface area contributed by atoms with E-state index in [2.05, 4.69) is 24.3 Å². The fraction of sp³-hybridized carbons (Fsp3) is 0.842. The monoisotopic (exact) mass is 559 g/mol. The van der Waals surface area contributed by atoms with Crippen LogP contribution >= 0.6 is 0 Å². The lowest BCUT2D eigenvalue weighted by atomic mass is 10.0. The topological polar surface area (TPSA) is 40.5 Å². The predicted molar refractivity (Wildman–Crippen MR) is 177 cm³/mol. The minimum atomic E-state index is 0.365. The van der Waals surface area contributed by atoms with E-state index in [1.165, 1.54) is 191 Å². The van der Waals surface area contributed by atoms with Gasteiger partial charge in [-0.25, -0.2) is 0 Å². The highest BCUT2D eigenvalue weighted by molar-refractivity contribution is 5.22. The van der Waals surface area contributed by atoms with Crippen LogP contribution in [0.1, 0.15) is 191 Å². The molecule has 234 valence electrons. The van der Waals surface area contributed by atoms with Crippen LogP contribution in [0, 0.1) is 0 Å². The smallest absolute Gasteiger partial charge is 0.0431 e. The Morgan fingerprint density at radius 1 is 0.250 bits per heavy atom. The van der Waals surface area contributed by atoms with Gasteiger partial charge in [0.25, 0.3) is 0 Å². The van der Waals surface area contributed by atoms with Crippen LogP contribution < -0.4 is 0 Å². The van der Waals surface area contributed by atoms with Gasteiger partial charge < -0.3 is 10.2 Å². The number of hydrogen-bond acceptors (Lipinski definition) is 2. The van der Waals surface area contributed by atoms with E-state index < -0.39 is 0 Å². The molecular weight excluding hydrogens is 488 g/mol. The quantitative estimate of drug-likeness (QED) is 0.0863. The van der Waals surface area contributed by atoms with Gasteiger partial charge in [-0.1, -0.05) is 178 Å². The molecule has 0 bridgehead atoms. The Morgan fingerprint density at radius 2 is 0.425 bits per heavy atom. The van der Waals surface area contributed by atoms with Gasteiger partial charge in [0.1, 0.15) is 0 Å². The van der Waals surface area contributed by atoms with E-state index in [1.807, 2.05) is 0 Å². The van der Waals surface area contributed by atoms with E-state index in [0.717, 1.165) is 12.8 Å². The molecule has 1 aromatic rings. The molecule has 0 aliphatic heterocycles. The first-order valence-electron chi connectivity index (χ1n) is 18.2. The summed E-state index contributed by atoms with van der Waals surface area (Å²) in [5.74, 6) is 0. The van der Waals surface area contributed by atoms with Crippen molar-refractivity contribution in [3.8, 4) is 0 Å². The van der Waals surface area contributed by atoms with Gasteiger partial charge in [0.2, 0.25) is 0 Å². The molecule has 0 atom stereocenters. The Bertz CT molecular complexity index is 543. The lowest BCUT2D eigenvalue weighted by Gasteiger charge is -2.06. The fourth-order valence-corrected chi connectivity index (χ4v) is 6.00. The number of aliphatic hydroxyl groups excluding tert-OH is 2. The Labute approximate surface area is 251 Å². The standard InChI is InChI=1S/C38H70O2/c39-35-27-23-19-15-11-7-3-1-5-9-13-17-21-25-29-37-31-33-38(34-32-37)30-26-22-18-14-10-6-2-4-8-12-16-20-24-28-36-40/h31-34,39-40H,1-30,35-36H2. The second kappa shape index (κ2) is 31.1. The SMILES string of the molecule is OCCCCCCCCCCCCCCCCc1ccc(CCCCCCCCCCCCCCCCO)cc1. The summed E-state index contributed by atoms with van der Waals surface area (Å²) in [7, 11) is 0. The molecule has 0 saturated heterocycles. The van der Waals surface area contributed by atoms with E-state index >= 15 is 0 Å². The van der Waals surface area contributed by atoms with Gasteiger partial charge in [-0.3, -0.25) is 0 Å². The zero-order valence-electron chi connectivity index (χ0n) is 26.8. The van der Waals surface area contributed by atoms with Gasteiger partial charge in [-0.2, -0.15) is 0 Å². The number of rotatable bonds is 32. The molecular formula is C38H70O2. The zero-order chi connectivity index (χ0) is 28.6. The maximum absolute atomic E-state index is 8.80. The van der Waals surface area contributed by atoms with E-state index in [4.69, 9.17) is 10.2 Å². The van der Waals surface area contributed by atoms with Crippen LogP contribution in [0.5, 0.6) is 0 Å². The molecule has 0 saturated carbocycles. The molecule has 0 fully saturated rings. The van der Waals surface area contributed by atoms with Crippen molar-refractivity contribution in [2.24, 2.45) is 0 Å². The van der Waals surface area contributed by atoms with Gasteiger partial charge in [0, 0.05) is 13.2 Å². The van der Waals surface area contributed by atoms with Gasteiger partial charge in [-0.15, -0.1) is 0 Å². The summed E-state index contributed by atoms with van der Waals surface area (Å²) in [6.45, 7) is 0.730. The number of aryl methyl sites for hydroxylation is 2. The largest absolute Gasteiger partial charge is 0.396 e. The molecule has 2 N–H and O–H groups in total. The highest BCUT2D eigenvalue weighted by atomic mass is 16.3. The van der Waals surface area contributed by atoms with E-state index in [1.54, 1.807) is 0 Å². The molecule has 0 amide bonds. The van der Waals surface area contributed by atoms with Crippen LogP contribution in [-0.2, 0) is 12.8 Å². The minimum absolute atomic E-state index is 0.365. The highest BCUT2D eigenvalue weighted by Gasteiger charge is 1.99. The third-order valence-corrected chi connectivity index (χ3v) is 8.77. The molecule has 0 aliphatic carbocycles. The van der Waals surface area contributed by atoms with Crippen LogP contribution in [-0.4, -0.2) is 23.4 Å². The van der Waals surface area contributed by atoms with E-state index in [9.17, 15) is 0 Å². The third-order valence-electron chi connectivity index (χ3n) is 8.77. The van der Waals surface area contributed by atoms with Crippen molar-refractivity contribution in [3.63, 3.8) is 0 Å². The first kappa shape index (κ1) is 37.2. The predicted octanol–water partition coefficient (Wildman–Crippen LogP) is 11.7. The van der Waals surface area contributed by atoms with E-state index in [-0.39, 0.29) is 0 Å². The molecule has 2 nitrogen and oxygen atoms in total. The minimum Gasteiger partial charge on any atom is -0.396 e. The molecule has 0 heterocycles. The van der Waals surface area contributed by atoms with Crippen molar-refractivity contribution in [1.29, 1.82) is 0 Å². The van der Waals surface area contributed by atoms with Crippen LogP contribution in [0.2, 0.25) is 0 Å². The van der Waals surface area contributed by atoms with Crippen molar-refractivity contribution < 1.29 is 10.2 Å². The normalized spacial score (nSPS) is 11.4. The van der Waals surface area contributed by atoms with E-state index in [0.29, 0.717) is 13.2 Å². The maximum Gasteiger partial charge on any atom is 0.0431 e. The van der Waals surface area contributed by atoms with Gasteiger partial charge >= 0.3 is 0 Å². The van der Waals surface area contributed by atoms with Crippen molar-refractivity contribution in [2.75, 3.05) is 13.2 Å². The molecule has 1 aromatic carbocycles. The number of aliphatic hydroxyl groups is 2. The van der Waals surface area contributed by atoms with Crippen LogP contribution in [0.25, 0.3) is 0 Å². The summed E-state index contributed by atoms with van der Waals surface area (Å²) in [6.07, 6.45) is 40.4. The van der Waals surface area contributed by atoms with Gasteiger partial charge in [-0.05, 0) is 49.7 Å². The first-order chi connectivity index (χ1) is 19.9. The highest BCUT2D eigenvalue weighted by Crippen LogP contribution is 2.16. The lowest BCUT2D eigenvalue weighted by Crippen LogP contribution is -1.90. The Kier molecular flexibility index (Phi) is 28.9. The molecule has 40 heavy (non-hydrogen) atoms. The average molecular weight is 559 g/mol. The van der Waals surface area contributed by atoms with Gasteiger partial charge in [0.05, 0.1) is 0 Å². The first-order valence-corrected chi connectivity index (χ1v) is 18.2. The zero-order valence-corrected chi connectivity index (χ0v) is 26.8. The second-order valence-corrected chi connectivity index (χ2v) is 12.7. The fourth-order valence-electron chi connectivity index (χ4n) is 6.00. The Balaban J connectivity index is 1.82. The maximum atomic E-state index is 8.80. The van der Waals surface area contributed by atoms with Crippen molar-refractivity contribution >= 4 is 0 Å². The molecule has 0 spiro atoms. The summed E-state index contributed by atoms with van der Waals surface area (Å²) < 4.78 is 0.